The van der Waals surface area contributed by atoms with Gasteiger partial charge in [0.25, 0.3) is 0 Å². The maximum atomic E-state index is 12.2. The van der Waals surface area contributed by atoms with E-state index in [1.54, 1.807) is 0 Å². The molecule has 0 amide bonds. The summed E-state index contributed by atoms with van der Waals surface area (Å²) in [6.07, 6.45) is 4.01. The Hall–Kier alpha value is -1.20. The normalized spacial score (nSPS) is 43.5. The second-order valence-electron chi connectivity index (χ2n) is 9.73. The molecule has 5 unspecified atom stereocenters. The van der Waals surface area contributed by atoms with E-state index in [0.717, 1.165) is 12.0 Å². The summed E-state index contributed by atoms with van der Waals surface area (Å²) in [7, 11) is 0. The highest BCUT2D eigenvalue weighted by Crippen LogP contribution is 2.69. The molecular weight excluding hydrogens is 344 g/mol. The second-order valence-corrected chi connectivity index (χ2v) is 9.73. The average Bonchev–Trinajstić information content (AvgIpc) is 2.78. The number of aliphatic hydroxyl groups is 1. The minimum atomic E-state index is -1.27. The van der Waals surface area contributed by atoms with E-state index in [1.807, 2.05) is 20.8 Å². The molecular formula is C22H34O5. The fourth-order valence-electron chi connectivity index (χ4n) is 5.65. The number of carbonyl (C=O) groups is 2. The van der Waals surface area contributed by atoms with Crippen molar-refractivity contribution in [3.05, 3.63) is 12.2 Å². The number of ketones is 1. The van der Waals surface area contributed by atoms with Gasteiger partial charge in [0.2, 0.25) is 0 Å². The molecule has 1 saturated carbocycles. The summed E-state index contributed by atoms with van der Waals surface area (Å²) in [6, 6.07) is 0. The van der Waals surface area contributed by atoms with Crippen LogP contribution in [0, 0.1) is 16.7 Å². The zero-order chi connectivity index (χ0) is 20.3. The van der Waals surface area contributed by atoms with Gasteiger partial charge in [-0.05, 0) is 37.7 Å². The second kappa shape index (κ2) is 6.41. The summed E-state index contributed by atoms with van der Waals surface area (Å²) >= 11 is 0. The standard InChI is InChI=1S/C22H34O5/c1-14(2)17(24)9-10-19(5)13-21-15(3)7-8-18(26-16(4)23)20(21,6)11-12-22(19,25)27-21/h14,18,25H,3,7-13H2,1-2,4-6H3. The number of hydrogen-bond donors (Lipinski definition) is 1. The first-order valence-corrected chi connectivity index (χ1v) is 10.2. The maximum absolute atomic E-state index is 12.2. The Bertz CT molecular complexity index is 670. The molecule has 1 N–H and O–H groups in total. The third-order valence-corrected chi connectivity index (χ3v) is 7.70. The fourth-order valence-corrected chi connectivity index (χ4v) is 5.65. The van der Waals surface area contributed by atoms with Crippen molar-refractivity contribution in [1.82, 2.24) is 0 Å². The van der Waals surface area contributed by atoms with Gasteiger partial charge in [0.1, 0.15) is 17.5 Å². The van der Waals surface area contributed by atoms with Crippen LogP contribution in [0.15, 0.2) is 12.2 Å². The Kier molecular flexibility index (Phi) is 4.88. The Morgan fingerprint density at radius 1 is 1.33 bits per heavy atom. The van der Waals surface area contributed by atoms with E-state index in [-0.39, 0.29) is 23.8 Å². The molecule has 1 spiro atoms. The molecule has 2 bridgehead atoms. The van der Waals surface area contributed by atoms with E-state index >= 15 is 0 Å². The van der Waals surface area contributed by atoms with Crippen molar-refractivity contribution in [3.8, 4) is 0 Å². The molecule has 2 heterocycles. The van der Waals surface area contributed by atoms with Crippen LogP contribution in [-0.4, -0.2) is 34.4 Å². The molecule has 3 rings (SSSR count). The zero-order valence-corrected chi connectivity index (χ0v) is 17.4. The summed E-state index contributed by atoms with van der Waals surface area (Å²) in [5.41, 5.74) is -0.685. The topological polar surface area (TPSA) is 72.8 Å². The Labute approximate surface area is 162 Å². The van der Waals surface area contributed by atoms with E-state index in [1.165, 1.54) is 6.92 Å². The molecule has 5 nitrogen and oxygen atoms in total. The predicted octanol–water partition coefficient (Wildman–Crippen LogP) is 3.93. The van der Waals surface area contributed by atoms with Crippen molar-refractivity contribution < 1.29 is 24.2 Å². The molecule has 3 fully saturated rings. The van der Waals surface area contributed by atoms with Crippen molar-refractivity contribution in [3.63, 3.8) is 0 Å². The highest BCUT2D eigenvalue weighted by Gasteiger charge is 2.73. The lowest BCUT2D eigenvalue weighted by Gasteiger charge is -2.57. The molecule has 5 atom stereocenters. The van der Waals surface area contributed by atoms with Gasteiger partial charge in [-0.2, -0.15) is 0 Å². The minimum Gasteiger partial charge on any atom is -0.462 e. The van der Waals surface area contributed by atoms with Crippen LogP contribution in [0.3, 0.4) is 0 Å². The molecule has 5 heteroatoms. The number of hydrogen-bond acceptors (Lipinski definition) is 5. The Balaban J connectivity index is 1.94. The zero-order valence-electron chi connectivity index (χ0n) is 17.4. The van der Waals surface area contributed by atoms with Crippen molar-refractivity contribution in [2.75, 3.05) is 0 Å². The van der Waals surface area contributed by atoms with Crippen LogP contribution in [0.4, 0.5) is 0 Å². The summed E-state index contributed by atoms with van der Waals surface area (Å²) in [5.74, 6) is -1.36. The number of ether oxygens (including phenoxy) is 2. The first kappa shape index (κ1) is 20.5. The van der Waals surface area contributed by atoms with Gasteiger partial charge in [-0.3, -0.25) is 9.59 Å². The third kappa shape index (κ3) is 2.89. The van der Waals surface area contributed by atoms with Gasteiger partial charge in [0.15, 0.2) is 5.79 Å². The first-order chi connectivity index (χ1) is 12.4. The van der Waals surface area contributed by atoms with Crippen LogP contribution in [0.1, 0.15) is 79.6 Å². The van der Waals surface area contributed by atoms with Crippen LogP contribution in [-0.2, 0) is 19.1 Å². The molecule has 0 aromatic carbocycles. The van der Waals surface area contributed by atoms with Crippen LogP contribution in [0.25, 0.3) is 0 Å². The van der Waals surface area contributed by atoms with Gasteiger partial charge in [-0.15, -0.1) is 0 Å². The average molecular weight is 379 g/mol. The molecule has 2 aliphatic heterocycles. The highest BCUT2D eigenvalue weighted by atomic mass is 16.7. The van der Waals surface area contributed by atoms with Crippen molar-refractivity contribution in [2.45, 2.75) is 97.1 Å². The van der Waals surface area contributed by atoms with Gasteiger partial charge in [0, 0.05) is 36.5 Å². The quantitative estimate of drug-likeness (QED) is 0.580. The molecule has 152 valence electrons. The van der Waals surface area contributed by atoms with Gasteiger partial charge in [-0.25, -0.2) is 0 Å². The smallest absolute Gasteiger partial charge is 0.302 e. The molecule has 0 radical (unpaired) electrons. The van der Waals surface area contributed by atoms with Gasteiger partial charge in [0.05, 0.1) is 0 Å². The minimum absolute atomic E-state index is 0.00800. The summed E-state index contributed by atoms with van der Waals surface area (Å²) in [5, 5.41) is 11.4. The van der Waals surface area contributed by atoms with Crippen molar-refractivity contribution >= 4 is 11.8 Å². The number of Topliss-reactive ketones (excluding diaryl/α,β-unsaturated/α-hetero) is 1. The Morgan fingerprint density at radius 3 is 2.59 bits per heavy atom. The van der Waals surface area contributed by atoms with E-state index in [4.69, 9.17) is 9.47 Å². The monoisotopic (exact) mass is 378 g/mol. The first-order valence-electron chi connectivity index (χ1n) is 10.2. The third-order valence-electron chi connectivity index (χ3n) is 7.70. The summed E-state index contributed by atoms with van der Waals surface area (Å²) < 4.78 is 12.2. The highest BCUT2D eigenvalue weighted by molar-refractivity contribution is 5.80. The van der Waals surface area contributed by atoms with Gasteiger partial charge >= 0.3 is 5.97 Å². The lowest BCUT2D eigenvalue weighted by molar-refractivity contribution is -0.315. The number of carbonyl (C=O) groups excluding carboxylic acids is 2. The molecule has 1 aliphatic carbocycles. The largest absolute Gasteiger partial charge is 0.462 e. The summed E-state index contributed by atoms with van der Waals surface area (Å²) in [4.78, 5) is 23.9. The lowest BCUT2D eigenvalue weighted by Crippen LogP contribution is -2.62. The molecule has 27 heavy (non-hydrogen) atoms. The number of rotatable bonds is 5. The van der Waals surface area contributed by atoms with E-state index in [9.17, 15) is 14.7 Å². The molecule has 0 aromatic rings. The summed E-state index contributed by atoms with van der Waals surface area (Å²) in [6.45, 7) is 13.7. The van der Waals surface area contributed by atoms with E-state index in [0.29, 0.717) is 38.5 Å². The number of esters is 1. The Morgan fingerprint density at radius 2 is 2.00 bits per heavy atom. The van der Waals surface area contributed by atoms with Gasteiger partial charge in [-0.1, -0.05) is 34.3 Å². The van der Waals surface area contributed by atoms with Crippen LogP contribution in [0.5, 0.6) is 0 Å². The van der Waals surface area contributed by atoms with E-state index in [2.05, 4.69) is 13.5 Å². The molecule has 3 aliphatic rings. The maximum Gasteiger partial charge on any atom is 0.302 e. The van der Waals surface area contributed by atoms with Crippen molar-refractivity contribution in [1.29, 1.82) is 0 Å². The fraction of sp³-hybridized carbons (Fsp3) is 0.818. The number of fused-ring (bicyclic) bond motifs is 1. The van der Waals surface area contributed by atoms with Crippen LogP contribution >= 0.6 is 0 Å². The van der Waals surface area contributed by atoms with E-state index < -0.39 is 22.2 Å². The van der Waals surface area contributed by atoms with Crippen LogP contribution < -0.4 is 0 Å². The van der Waals surface area contributed by atoms with Gasteiger partial charge < -0.3 is 14.6 Å². The SMILES string of the molecule is C=C1CCC(OC(C)=O)C2(C)CCC3(O)OC12CC3(C)CCC(=O)C(C)C. The lowest BCUT2D eigenvalue weighted by atomic mass is 9.57. The molecule has 2 saturated heterocycles. The predicted molar refractivity (Wildman–Crippen MR) is 102 cm³/mol. The molecule has 0 aromatic heterocycles. The van der Waals surface area contributed by atoms with Crippen LogP contribution in [0.2, 0.25) is 0 Å². The van der Waals surface area contributed by atoms with Crippen molar-refractivity contribution in [2.24, 2.45) is 16.7 Å².